The first kappa shape index (κ1) is 24.2. The minimum absolute atomic E-state index is 0. The number of benzene rings is 1. The lowest BCUT2D eigenvalue weighted by atomic mass is 10.1. The summed E-state index contributed by atoms with van der Waals surface area (Å²) in [6, 6.07) is 7.07. The fourth-order valence-electron chi connectivity index (χ4n) is 2.09. The molecule has 1 unspecified atom stereocenters. The molecule has 0 fully saturated rings. The van der Waals surface area contributed by atoms with Gasteiger partial charge in [0.25, 0.3) is 0 Å². The van der Waals surface area contributed by atoms with Crippen molar-refractivity contribution < 1.29 is 14.6 Å². The molecule has 1 aromatic carbocycles. The molecule has 7 heteroatoms. The van der Waals surface area contributed by atoms with Gasteiger partial charge in [0, 0.05) is 18.5 Å². The number of rotatable bonds is 9. The number of nitrogens with one attached hydrogen (secondary N) is 2. The highest BCUT2D eigenvalue weighted by Crippen LogP contribution is 2.29. The van der Waals surface area contributed by atoms with E-state index < -0.39 is 6.10 Å². The van der Waals surface area contributed by atoms with Gasteiger partial charge < -0.3 is 20.5 Å². The number of anilines is 1. The SMILES string of the molecule is CCCCC(=O)Nc1cccc(C#N)c1OCC(O)CNC(C)(C)C.Cl. The lowest BCUT2D eigenvalue weighted by molar-refractivity contribution is -0.116. The van der Waals surface area contributed by atoms with Gasteiger partial charge in [-0.05, 0) is 39.3 Å². The van der Waals surface area contributed by atoms with E-state index in [0.717, 1.165) is 12.8 Å². The maximum atomic E-state index is 12.0. The second-order valence-corrected chi connectivity index (χ2v) is 7.04. The third-order valence-electron chi connectivity index (χ3n) is 3.46. The molecule has 0 heterocycles. The van der Waals surface area contributed by atoms with Crippen LogP contribution < -0.4 is 15.4 Å². The Morgan fingerprint density at radius 2 is 2.08 bits per heavy atom. The van der Waals surface area contributed by atoms with Crippen molar-refractivity contribution in [1.29, 1.82) is 5.26 Å². The summed E-state index contributed by atoms with van der Waals surface area (Å²) in [7, 11) is 0. The molecule has 1 aromatic rings. The Kier molecular flexibility index (Phi) is 10.9. The zero-order chi connectivity index (χ0) is 18.9. The van der Waals surface area contributed by atoms with Crippen molar-refractivity contribution >= 4 is 24.0 Å². The molecule has 26 heavy (non-hydrogen) atoms. The number of nitriles is 1. The molecular weight excluding hydrogens is 354 g/mol. The average molecular weight is 384 g/mol. The molecule has 0 aromatic heterocycles. The maximum absolute atomic E-state index is 12.0. The number of β-amino-alcohol motifs (C(OH)–C–C–N with tert-alkyl or cyclic N) is 1. The Morgan fingerprint density at radius 3 is 2.65 bits per heavy atom. The molecule has 0 radical (unpaired) electrons. The van der Waals surface area contributed by atoms with Crippen molar-refractivity contribution in [1.82, 2.24) is 5.32 Å². The number of ether oxygens (including phenoxy) is 1. The molecule has 146 valence electrons. The highest BCUT2D eigenvalue weighted by atomic mass is 35.5. The first-order chi connectivity index (χ1) is 11.8. The van der Waals surface area contributed by atoms with Crippen molar-refractivity contribution in [3.63, 3.8) is 0 Å². The summed E-state index contributed by atoms with van der Waals surface area (Å²) in [5.74, 6) is 0.182. The summed E-state index contributed by atoms with van der Waals surface area (Å²) in [5.41, 5.74) is 0.671. The molecule has 6 nitrogen and oxygen atoms in total. The summed E-state index contributed by atoms with van der Waals surface area (Å²) in [4.78, 5) is 12.0. The van der Waals surface area contributed by atoms with Gasteiger partial charge in [0.05, 0.1) is 11.3 Å². The highest BCUT2D eigenvalue weighted by molar-refractivity contribution is 5.92. The molecule has 0 aliphatic rings. The van der Waals surface area contributed by atoms with Crippen LogP contribution in [0.5, 0.6) is 5.75 Å². The van der Waals surface area contributed by atoms with E-state index in [1.54, 1.807) is 18.2 Å². The Morgan fingerprint density at radius 1 is 1.38 bits per heavy atom. The summed E-state index contributed by atoms with van der Waals surface area (Å²) >= 11 is 0. The normalized spacial score (nSPS) is 11.8. The summed E-state index contributed by atoms with van der Waals surface area (Å²) in [5, 5.41) is 25.3. The second-order valence-electron chi connectivity index (χ2n) is 7.04. The van der Waals surface area contributed by atoms with Crippen molar-refractivity contribution in [2.75, 3.05) is 18.5 Å². The number of halogens is 1. The predicted molar refractivity (Wildman–Crippen MR) is 106 cm³/mol. The topological polar surface area (TPSA) is 94.4 Å². The van der Waals surface area contributed by atoms with Crippen molar-refractivity contribution in [2.24, 2.45) is 0 Å². The van der Waals surface area contributed by atoms with Crippen LogP contribution in [0.15, 0.2) is 18.2 Å². The van der Waals surface area contributed by atoms with Gasteiger partial charge in [0.15, 0.2) is 5.75 Å². The van der Waals surface area contributed by atoms with Gasteiger partial charge in [-0.25, -0.2) is 0 Å². The number of hydrogen-bond acceptors (Lipinski definition) is 5. The number of nitrogens with zero attached hydrogens (tertiary/aromatic N) is 1. The zero-order valence-electron chi connectivity index (χ0n) is 16.0. The monoisotopic (exact) mass is 383 g/mol. The summed E-state index contributed by atoms with van der Waals surface area (Å²) < 4.78 is 5.66. The summed E-state index contributed by atoms with van der Waals surface area (Å²) in [6.45, 7) is 8.45. The fraction of sp³-hybridized carbons (Fsp3) is 0.579. The van der Waals surface area contributed by atoms with Crippen LogP contribution in [0.2, 0.25) is 0 Å². The number of carbonyl (C=O) groups excluding carboxylic acids is 1. The minimum Gasteiger partial charge on any atom is -0.487 e. The maximum Gasteiger partial charge on any atom is 0.224 e. The molecule has 1 amide bonds. The molecule has 0 aliphatic carbocycles. The second kappa shape index (κ2) is 11.7. The zero-order valence-corrected chi connectivity index (χ0v) is 16.8. The Bertz CT molecular complexity index is 609. The number of hydrogen-bond donors (Lipinski definition) is 3. The first-order valence-corrected chi connectivity index (χ1v) is 8.65. The number of carbonyl (C=O) groups is 1. The molecule has 0 saturated heterocycles. The van der Waals surface area contributed by atoms with Crippen LogP contribution in [0.4, 0.5) is 5.69 Å². The number of amides is 1. The molecule has 0 aliphatic heterocycles. The molecule has 0 bridgehead atoms. The van der Waals surface area contributed by atoms with E-state index in [1.807, 2.05) is 27.7 Å². The van der Waals surface area contributed by atoms with Crippen LogP contribution in [-0.4, -0.2) is 35.8 Å². The lowest BCUT2D eigenvalue weighted by Gasteiger charge is -2.23. The van der Waals surface area contributed by atoms with Gasteiger partial charge in [-0.3, -0.25) is 4.79 Å². The number of aliphatic hydroxyl groups is 1. The van der Waals surface area contributed by atoms with Gasteiger partial charge in [0.2, 0.25) is 5.91 Å². The standard InChI is InChI=1S/C19H29N3O3.ClH/c1-5-6-10-17(24)22-16-9-7-8-14(11-20)18(16)25-13-15(23)12-21-19(2,3)4;/h7-9,15,21,23H,5-6,10,12-13H2,1-4H3,(H,22,24);1H. The van der Waals surface area contributed by atoms with Gasteiger partial charge >= 0.3 is 0 Å². The Labute approximate surface area is 162 Å². The molecule has 1 rings (SSSR count). The van der Waals surface area contributed by atoms with Crippen molar-refractivity contribution in [2.45, 2.75) is 58.6 Å². The fourth-order valence-corrected chi connectivity index (χ4v) is 2.09. The van der Waals surface area contributed by atoms with E-state index in [0.29, 0.717) is 30.0 Å². The van der Waals surface area contributed by atoms with Crippen LogP contribution in [0.3, 0.4) is 0 Å². The van der Waals surface area contributed by atoms with Crippen molar-refractivity contribution in [3.05, 3.63) is 23.8 Å². The first-order valence-electron chi connectivity index (χ1n) is 8.65. The number of unbranched alkanes of at least 4 members (excludes halogenated alkanes) is 1. The van der Waals surface area contributed by atoms with E-state index in [1.165, 1.54) is 0 Å². The van der Waals surface area contributed by atoms with Gasteiger partial charge in [-0.15, -0.1) is 12.4 Å². The van der Waals surface area contributed by atoms with Crippen LogP contribution in [0.1, 0.15) is 52.5 Å². The van der Waals surface area contributed by atoms with E-state index in [2.05, 4.69) is 16.7 Å². The van der Waals surface area contributed by atoms with Crippen LogP contribution in [0.25, 0.3) is 0 Å². The smallest absolute Gasteiger partial charge is 0.224 e. The molecule has 0 spiro atoms. The minimum atomic E-state index is -0.727. The predicted octanol–water partition coefficient (Wildman–Crippen LogP) is 3.24. The Hall–Kier alpha value is -1.81. The van der Waals surface area contributed by atoms with Gasteiger partial charge in [-0.2, -0.15) is 5.26 Å². The van der Waals surface area contributed by atoms with E-state index >= 15 is 0 Å². The number of para-hydroxylation sites is 1. The largest absolute Gasteiger partial charge is 0.487 e. The molecule has 3 N–H and O–H groups in total. The van der Waals surface area contributed by atoms with E-state index in [9.17, 15) is 15.2 Å². The Balaban J connectivity index is 0.00000625. The van der Waals surface area contributed by atoms with Gasteiger partial charge in [0.1, 0.15) is 18.8 Å². The summed E-state index contributed by atoms with van der Waals surface area (Å²) in [6.07, 6.45) is 1.43. The molecule has 1 atom stereocenters. The quantitative estimate of drug-likeness (QED) is 0.608. The average Bonchev–Trinajstić information content (AvgIpc) is 2.56. The van der Waals surface area contributed by atoms with Crippen molar-refractivity contribution in [3.8, 4) is 11.8 Å². The van der Waals surface area contributed by atoms with E-state index in [4.69, 9.17) is 4.74 Å². The highest BCUT2D eigenvalue weighted by Gasteiger charge is 2.16. The van der Waals surface area contributed by atoms with Gasteiger partial charge in [-0.1, -0.05) is 19.4 Å². The van der Waals surface area contributed by atoms with Crippen LogP contribution in [0, 0.1) is 11.3 Å². The van der Waals surface area contributed by atoms with E-state index in [-0.39, 0.29) is 30.5 Å². The molecular formula is C19H30ClN3O3. The number of aliphatic hydroxyl groups excluding tert-OH is 1. The third-order valence-corrected chi connectivity index (χ3v) is 3.46. The third kappa shape index (κ3) is 9.04. The van der Waals surface area contributed by atoms with Crippen LogP contribution in [-0.2, 0) is 4.79 Å². The van der Waals surface area contributed by atoms with Crippen LogP contribution >= 0.6 is 12.4 Å². The molecule has 0 saturated carbocycles. The lowest BCUT2D eigenvalue weighted by Crippen LogP contribution is -2.42.